The van der Waals surface area contributed by atoms with Gasteiger partial charge in [-0.3, -0.25) is 19.3 Å². The number of fused-ring (bicyclic) bond motifs is 1. The third kappa shape index (κ3) is 3.67. The average molecular weight is 412 g/mol. The van der Waals surface area contributed by atoms with Crippen molar-refractivity contribution in [1.82, 2.24) is 9.38 Å². The predicted molar refractivity (Wildman–Crippen MR) is 96.1 cm³/mol. The van der Waals surface area contributed by atoms with Gasteiger partial charge in [-0.25, -0.2) is 14.2 Å². The number of ether oxygens (including phenoxy) is 1. The van der Waals surface area contributed by atoms with Gasteiger partial charge in [-0.1, -0.05) is 11.6 Å². The molecular formula is C16H11ClFN3O5S. The van der Waals surface area contributed by atoms with E-state index in [9.17, 15) is 24.1 Å². The summed E-state index contributed by atoms with van der Waals surface area (Å²) in [5.74, 6) is -2.22. The summed E-state index contributed by atoms with van der Waals surface area (Å²) in [4.78, 5) is 39.4. The summed E-state index contributed by atoms with van der Waals surface area (Å²) in [6.07, 6.45) is 1.65. The van der Waals surface area contributed by atoms with Crippen LogP contribution in [0.5, 0.6) is 0 Å². The van der Waals surface area contributed by atoms with Crippen LogP contribution in [0.25, 0.3) is 4.96 Å². The van der Waals surface area contributed by atoms with Crippen LogP contribution in [0.2, 0.25) is 5.02 Å². The third-order valence-electron chi connectivity index (χ3n) is 3.80. The molecule has 3 rings (SSSR count). The lowest BCUT2D eigenvalue weighted by molar-refractivity contribution is -0.384. The highest BCUT2D eigenvalue weighted by molar-refractivity contribution is 7.15. The van der Waals surface area contributed by atoms with E-state index in [0.29, 0.717) is 16.2 Å². The number of benzene rings is 1. The summed E-state index contributed by atoms with van der Waals surface area (Å²) < 4.78 is 20.4. The van der Waals surface area contributed by atoms with E-state index in [1.165, 1.54) is 15.7 Å². The number of aromatic nitrogens is 2. The van der Waals surface area contributed by atoms with Crippen molar-refractivity contribution >= 4 is 39.6 Å². The average Bonchev–Trinajstić information content (AvgIpc) is 3.08. The zero-order valence-corrected chi connectivity index (χ0v) is 15.3. The zero-order chi connectivity index (χ0) is 19.7. The number of esters is 1. The number of rotatable bonds is 5. The fraction of sp³-hybridized carbons (Fsp3) is 0.188. The van der Waals surface area contributed by atoms with Crippen molar-refractivity contribution in [2.45, 2.75) is 13.3 Å². The fourth-order valence-electron chi connectivity index (χ4n) is 2.46. The maximum atomic E-state index is 14.0. The van der Waals surface area contributed by atoms with Gasteiger partial charge in [0, 0.05) is 41.4 Å². The number of carbonyl (C=O) groups excluding carboxylic acids is 1. The molecule has 3 aromatic rings. The molecule has 0 saturated heterocycles. The van der Waals surface area contributed by atoms with E-state index >= 15 is 0 Å². The molecule has 0 aliphatic carbocycles. The summed E-state index contributed by atoms with van der Waals surface area (Å²) >= 11 is 6.90. The van der Waals surface area contributed by atoms with Crippen LogP contribution >= 0.6 is 22.9 Å². The van der Waals surface area contributed by atoms with Gasteiger partial charge in [-0.15, -0.1) is 11.3 Å². The molecule has 2 heterocycles. The molecule has 27 heavy (non-hydrogen) atoms. The number of carbonyl (C=O) groups is 1. The first kappa shape index (κ1) is 18.9. The smallest absolute Gasteiger partial charge is 0.341 e. The van der Waals surface area contributed by atoms with Crippen molar-refractivity contribution in [3.05, 3.63) is 71.8 Å². The van der Waals surface area contributed by atoms with Gasteiger partial charge in [-0.05, 0) is 6.92 Å². The van der Waals surface area contributed by atoms with Gasteiger partial charge in [0.1, 0.15) is 5.56 Å². The maximum absolute atomic E-state index is 14.0. The second-order valence-corrected chi connectivity index (χ2v) is 6.75. The molecule has 1 aromatic carbocycles. The Bertz CT molecular complexity index is 1130. The summed E-state index contributed by atoms with van der Waals surface area (Å²) in [5, 5.41) is 12.0. The fourth-order valence-corrected chi connectivity index (χ4v) is 3.42. The lowest BCUT2D eigenvalue weighted by Crippen LogP contribution is -2.22. The predicted octanol–water partition coefficient (Wildman–Crippen LogP) is 3.16. The molecule has 0 atom stereocenters. The molecule has 0 amide bonds. The topological polar surface area (TPSA) is 104 Å². The van der Waals surface area contributed by atoms with Crippen molar-refractivity contribution in [2.75, 3.05) is 6.61 Å². The standard InChI is InChI=1S/C16H11ClFN3O5S/c1-8-10(14(22)20-3-5-27-16(20)19-8)2-4-26-15(23)11-6-9(21(24)25)7-12(17)13(11)18/h3,5-7H,2,4H2,1H3. The summed E-state index contributed by atoms with van der Waals surface area (Å²) in [6.45, 7) is 1.44. The summed E-state index contributed by atoms with van der Waals surface area (Å²) in [5.41, 5.74) is -0.595. The number of aryl methyl sites for hydroxylation is 1. The number of nitro groups is 1. The monoisotopic (exact) mass is 411 g/mol. The Hall–Kier alpha value is -2.85. The van der Waals surface area contributed by atoms with E-state index in [0.717, 1.165) is 12.1 Å². The first-order valence-corrected chi connectivity index (χ1v) is 8.81. The highest BCUT2D eigenvalue weighted by atomic mass is 35.5. The van der Waals surface area contributed by atoms with E-state index < -0.39 is 33.0 Å². The van der Waals surface area contributed by atoms with Crippen LogP contribution in [-0.2, 0) is 11.2 Å². The number of nitrogens with zero attached hydrogens (tertiary/aromatic N) is 3. The molecule has 8 nitrogen and oxygen atoms in total. The van der Waals surface area contributed by atoms with Gasteiger partial charge in [0.25, 0.3) is 11.2 Å². The maximum Gasteiger partial charge on any atom is 0.341 e. The number of hydrogen-bond donors (Lipinski definition) is 0. The molecule has 140 valence electrons. The molecule has 0 unspecified atom stereocenters. The Balaban J connectivity index is 1.78. The SMILES string of the molecule is Cc1nc2sccn2c(=O)c1CCOC(=O)c1cc([N+](=O)[O-])cc(Cl)c1F. The molecule has 0 spiro atoms. The molecule has 0 saturated carbocycles. The molecule has 0 N–H and O–H groups in total. The Morgan fingerprint density at radius 3 is 2.93 bits per heavy atom. The third-order valence-corrected chi connectivity index (χ3v) is 4.83. The number of halogens is 2. The molecule has 11 heteroatoms. The van der Waals surface area contributed by atoms with E-state index in [1.54, 1.807) is 18.5 Å². The van der Waals surface area contributed by atoms with Crippen molar-refractivity contribution in [3.63, 3.8) is 0 Å². The molecule has 0 bridgehead atoms. The minimum atomic E-state index is -1.11. The number of non-ortho nitro benzene ring substituents is 1. The first-order valence-electron chi connectivity index (χ1n) is 7.55. The van der Waals surface area contributed by atoms with Gasteiger partial charge in [0.05, 0.1) is 16.6 Å². The zero-order valence-electron chi connectivity index (χ0n) is 13.8. The van der Waals surface area contributed by atoms with Gasteiger partial charge in [-0.2, -0.15) is 0 Å². The van der Waals surface area contributed by atoms with Gasteiger partial charge in [0.15, 0.2) is 10.8 Å². The van der Waals surface area contributed by atoms with Crippen molar-refractivity contribution in [3.8, 4) is 0 Å². The lowest BCUT2D eigenvalue weighted by atomic mass is 10.1. The van der Waals surface area contributed by atoms with Crippen molar-refractivity contribution in [2.24, 2.45) is 0 Å². The van der Waals surface area contributed by atoms with E-state index in [4.69, 9.17) is 16.3 Å². The van der Waals surface area contributed by atoms with Crippen LogP contribution in [0.3, 0.4) is 0 Å². The van der Waals surface area contributed by atoms with Gasteiger partial charge < -0.3 is 4.74 Å². The van der Waals surface area contributed by atoms with E-state index in [2.05, 4.69) is 4.98 Å². The van der Waals surface area contributed by atoms with Crippen molar-refractivity contribution in [1.29, 1.82) is 0 Å². The second-order valence-electron chi connectivity index (χ2n) is 5.47. The summed E-state index contributed by atoms with van der Waals surface area (Å²) in [6, 6.07) is 1.56. The Morgan fingerprint density at radius 1 is 1.48 bits per heavy atom. The lowest BCUT2D eigenvalue weighted by Gasteiger charge is -2.08. The highest BCUT2D eigenvalue weighted by Gasteiger charge is 2.22. The van der Waals surface area contributed by atoms with Crippen LogP contribution in [0.4, 0.5) is 10.1 Å². The Labute approximate surface area is 159 Å². The Kier molecular flexibility index (Phi) is 5.19. The molecule has 2 aromatic heterocycles. The summed E-state index contributed by atoms with van der Waals surface area (Å²) in [7, 11) is 0. The number of hydrogen-bond acceptors (Lipinski definition) is 7. The first-order chi connectivity index (χ1) is 12.8. The molecule has 0 aliphatic rings. The highest BCUT2D eigenvalue weighted by Crippen LogP contribution is 2.26. The quantitative estimate of drug-likeness (QED) is 0.363. The van der Waals surface area contributed by atoms with Gasteiger partial charge in [0.2, 0.25) is 0 Å². The molecule has 0 radical (unpaired) electrons. The van der Waals surface area contributed by atoms with E-state index in [-0.39, 0.29) is 18.6 Å². The number of nitro benzene ring substituents is 1. The van der Waals surface area contributed by atoms with Crippen LogP contribution in [-0.4, -0.2) is 26.9 Å². The van der Waals surface area contributed by atoms with Crippen LogP contribution in [0.15, 0.2) is 28.5 Å². The molecule has 0 aliphatic heterocycles. The normalized spacial score (nSPS) is 10.9. The largest absolute Gasteiger partial charge is 0.462 e. The van der Waals surface area contributed by atoms with Gasteiger partial charge >= 0.3 is 5.97 Å². The van der Waals surface area contributed by atoms with Crippen LogP contribution in [0, 0.1) is 22.9 Å². The Morgan fingerprint density at radius 2 is 2.22 bits per heavy atom. The molecular weight excluding hydrogens is 401 g/mol. The second kappa shape index (κ2) is 7.41. The minimum absolute atomic E-state index is 0.0620. The number of thiazole rings is 1. The van der Waals surface area contributed by atoms with Crippen LogP contribution in [0.1, 0.15) is 21.6 Å². The molecule has 0 fully saturated rings. The van der Waals surface area contributed by atoms with E-state index in [1.807, 2.05) is 0 Å². The van der Waals surface area contributed by atoms with Crippen LogP contribution < -0.4 is 5.56 Å². The minimum Gasteiger partial charge on any atom is -0.462 e. The van der Waals surface area contributed by atoms with Crippen molar-refractivity contribution < 1.29 is 18.8 Å².